The van der Waals surface area contributed by atoms with Gasteiger partial charge in [-0.25, -0.2) is 0 Å². The van der Waals surface area contributed by atoms with Crippen molar-refractivity contribution in [2.24, 2.45) is 0 Å². The van der Waals surface area contributed by atoms with Gasteiger partial charge in [-0.3, -0.25) is 9.59 Å². The summed E-state index contributed by atoms with van der Waals surface area (Å²) in [5, 5.41) is 11.4. The number of nitrogens with one attached hydrogen (secondary N) is 1. The molecule has 2 N–H and O–H groups in total. The summed E-state index contributed by atoms with van der Waals surface area (Å²) < 4.78 is 0. The Morgan fingerprint density at radius 3 is 2.95 bits per heavy atom. The fourth-order valence-corrected chi connectivity index (χ4v) is 2.21. The maximum Gasteiger partial charge on any atom is 0.227 e. The molecule has 0 fully saturated rings. The van der Waals surface area contributed by atoms with Gasteiger partial charge >= 0.3 is 0 Å². The average molecular weight is 262 g/mol. The Balaban J connectivity index is 2.05. The number of hydrogen-bond acceptors (Lipinski definition) is 3. The number of rotatable bonds is 4. The number of benzene rings is 1. The summed E-state index contributed by atoms with van der Waals surface area (Å²) in [7, 11) is 1.78. The lowest BCUT2D eigenvalue weighted by Gasteiger charge is -2.26. The molecule has 1 aliphatic rings. The second-order valence-electron chi connectivity index (χ2n) is 4.67. The molecule has 0 atom stereocenters. The van der Waals surface area contributed by atoms with Crippen molar-refractivity contribution in [3.63, 3.8) is 0 Å². The summed E-state index contributed by atoms with van der Waals surface area (Å²) in [6.07, 6.45) is 1.41. The normalized spacial score (nSPS) is 14.2. The third-order valence-electron chi connectivity index (χ3n) is 3.32. The molecule has 1 aliphatic heterocycles. The van der Waals surface area contributed by atoms with Crippen molar-refractivity contribution in [3.8, 4) is 0 Å². The number of hydrogen-bond donors (Lipinski definition) is 2. The minimum Gasteiger partial charge on any atom is -0.396 e. The molecule has 5 nitrogen and oxygen atoms in total. The standard InChI is InChI=1S/C14H18N2O3/c1-16-12-4-2-10(9-15-13(18)6-7-17)8-11(12)3-5-14(16)19/h2,4,8,17H,3,5-7,9H2,1H3,(H,15,18). The minimum absolute atomic E-state index is 0.127. The third-order valence-corrected chi connectivity index (χ3v) is 3.32. The summed E-state index contributed by atoms with van der Waals surface area (Å²) >= 11 is 0. The molecule has 0 radical (unpaired) electrons. The summed E-state index contributed by atoms with van der Waals surface area (Å²) in [6, 6.07) is 5.85. The maximum absolute atomic E-state index is 11.6. The Bertz CT molecular complexity index is 499. The molecular weight excluding hydrogens is 244 g/mol. The highest BCUT2D eigenvalue weighted by atomic mass is 16.3. The van der Waals surface area contributed by atoms with Crippen LogP contribution in [0.15, 0.2) is 18.2 Å². The van der Waals surface area contributed by atoms with Crippen LogP contribution in [0.4, 0.5) is 5.69 Å². The lowest BCUT2D eigenvalue weighted by Crippen LogP contribution is -2.31. The summed E-state index contributed by atoms with van der Waals surface area (Å²) in [5.74, 6) is -0.0241. The van der Waals surface area contributed by atoms with Crippen LogP contribution >= 0.6 is 0 Å². The first-order valence-electron chi connectivity index (χ1n) is 6.37. The van der Waals surface area contributed by atoms with Crippen LogP contribution in [0.5, 0.6) is 0 Å². The van der Waals surface area contributed by atoms with Gasteiger partial charge in [-0.1, -0.05) is 12.1 Å². The molecule has 0 unspecified atom stereocenters. The van der Waals surface area contributed by atoms with Crippen LogP contribution in [-0.2, 0) is 22.6 Å². The molecule has 102 valence electrons. The molecule has 0 bridgehead atoms. The predicted octanol–water partition coefficient (Wildman–Crippen LogP) is 0.594. The van der Waals surface area contributed by atoms with Crippen LogP contribution in [0.25, 0.3) is 0 Å². The van der Waals surface area contributed by atoms with E-state index in [0.29, 0.717) is 13.0 Å². The molecule has 0 spiro atoms. The predicted molar refractivity (Wildman–Crippen MR) is 71.7 cm³/mol. The van der Waals surface area contributed by atoms with Crippen LogP contribution in [0, 0.1) is 0 Å². The Labute approximate surface area is 112 Å². The Morgan fingerprint density at radius 2 is 2.21 bits per heavy atom. The fraction of sp³-hybridized carbons (Fsp3) is 0.429. The van der Waals surface area contributed by atoms with Gasteiger partial charge in [0.05, 0.1) is 6.61 Å². The Hall–Kier alpha value is -1.88. The summed E-state index contributed by atoms with van der Waals surface area (Å²) in [4.78, 5) is 24.5. The number of carbonyl (C=O) groups excluding carboxylic acids is 2. The van der Waals surface area contributed by atoms with Gasteiger partial charge in [-0.15, -0.1) is 0 Å². The second-order valence-corrected chi connectivity index (χ2v) is 4.67. The number of aryl methyl sites for hydroxylation is 1. The third kappa shape index (κ3) is 3.12. The lowest BCUT2D eigenvalue weighted by atomic mass is 9.99. The summed E-state index contributed by atoms with van der Waals surface area (Å²) in [5.41, 5.74) is 3.09. The molecule has 2 amide bonds. The van der Waals surface area contributed by atoms with Crippen molar-refractivity contribution in [1.29, 1.82) is 0 Å². The molecule has 1 aromatic rings. The van der Waals surface area contributed by atoms with Crippen molar-refractivity contribution < 1.29 is 14.7 Å². The van der Waals surface area contributed by atoms with E-state index in [1.54, 1.807) is 11.9 Å². The number of carbonyl (C=O) groups is 2. The van der Waals surface area contributed by atoms with Gasteiger partial charge in [0.25, 0.3) is 0 Å². The van der Waals surface area contributed by atoms with Gasteiger partial charge in [-0.05, 0) is 23.6 Å². The quantitative estimate of drug-likeness (QED) is 0.834. The largest absolute Gasteiger partial charge is 0.396 e. The topological polar surface area (TPSA) is 69.6 Å². The highest BCUT2D eigenvalue weighted by Gasteiger charge is 2.20. The number of amides is 2. The van der Waals surface area contributed by atoms with Gasteiger partial charge in [0.1, 0.15) is 0 Å². The summed E-state index contributed by atoms with van der Waals surface area (Å²) in [6.45, 7) is 0.312. The number of anilines is 1. The minimum atomic E-state index is -0.160. The maximum atomic E-state index is 11.6. The van der Waals surface area contributed by atoms with Crippen molar-refractivity contribution in [2.45, 2.75) is 25.8 Å². The van der Waals surface area contributed by atoms with E-state index in [0.717, 1.165) is 23.2 Å². The monoisotopic (exact) mass is 262 g/mol. The first kappa shape index (κ1) is 13.5. The average Bonchev–Trinajstić information content (AvgIpc) is 2.41. The van der Waals surface area contributed by atoms with Gasteiger partial charge in [-0.2, -0.15) is 0 Å². The molecular formula is C14H18N2O3. The number of aliphatic hydroxyl groups excluding tert-OH is 1. The van der Waals surface area contributed by atoms with Gasteiger partial charge in [0, 0.05) is 32.1 Å². The van der Waals surface area contributed by atoms with E-state index in [1.807, 2.05) is 18.2 Å². The number of fused-ring (bicyclic) bond motifs is 1. The van der Waals surface area contributed by atoms with Crippen molar-refractivity contribution in [1.82, 2.24) is 5.32 Å². The molecule has 1 heterocycles. The van der Waals surface area contributed by atoms with Crippen molar-refractivity contribution in [2.75, 3.05) is 18.6 Å². The second kappa shape index (κ2) is 5.84. The zero-order chi connectivity index (χ0) is 13.8. The van der Waals surface area contributed by atoms with E-state index in [4.69, 9.17) is 5.11 Å². The Morgan fingerprint density at radius 1 is 1.42 bits per heavy atom. The van der Waals surface area contributed by atoms with Crippen molar-refractivity contribution >= 4 is 17.5 Å². The van der Waals surface area contributed by atoms with E-state index < -0.39 is 0 Å². The van der Waals surface area contributed by atoms with Crippen LogP contribution in [0.1, 0.15) is 24.0 Å². The van der Waals surface area contributed by atoms with E-state index in [9.17, 15) is 9.59 Å². The smallest absolute Gasteiger partial charge is 0.227 e. The number of nitrogens with zero attached hydrogens (tertiary/aromatic N) is 1. The van der Waals surface area contributed by atoms with E-state index in [-0.39, 0.29) is 24.8 Å². The zero-order valence-corrected chi connectivity index (χ0v) is 11.0. The molecule has 2 rings (SSSR count). The van der Waals surface area contributed by atoms with E-state index >= 15 is 0 Å². The highest BCUT2D eigenvalue weighted by Crippen LogP contribution is 2.27. The Kier molecular flexibility index (Phi) is 4.16. The van der Waals surface area contributed by atoms with Gasteiger partial charge in [0.2, 0.25) is 11.8 Å². The van der Waals surface area contributed by atoms with Crippen LogP contribution in [-0.4, -0.2) is 30.6 Å². The number of aliphatic hydroxyl groups is 1. The van der Waals surface area contributed by atoms with Gasteiger partial charge < -0.3 is 15.3 Å². The first-order chi connectivity index (χ1) is 9.11. The molecule has 0 aromatic heterocycles. The molecule has 0 aliphatic carbocycles. The van der Waals surface area contributed by atoms with E-state index in [1.165, 1.54) is 0 Å². The fourth-order valence-electron chi connectivity index (χ4n) is 2.21. The molecule has 1 aromatic carbocycles. The molecule has 0 saturated heterocycles. The molecule has 0 saturated carbocycles. The lowest BCUT2D eigenvalue weighted by molar-refractivity contribution is -0.122. The van der Waals surface area contributed by atoms with E-state index in [2.05, 4.69) is 5.32 Å². The SMILES string of the molecule is CN1C(=O)CCc2cc(CNC(=O)CCO)ccc21. The molecule has 5 heteroatoms. The molecule has 19 heavy (non-hydrogen) atoms. The van der Waals surface area contributed by atoms with Crippen LogP contribution in [0.2, 0.25) is 0 Å². The van der Waals surface area contributed by atoms with Crippen LogP contribution in [0.3, 0.4) is 0 Å². The highest BCUT2D eigenvalue weighted by molar-refractivity contribution is 5.95. The van der Waals surface area contributed by atoms with Gasteiger partial charge in [0.15, 0.2) is 0 Å². The van der Waals surface area contributed by atoms with Crippen molar-refractivity contribution in [3.05, 3.63) is 29.3 Å². The first-order valence-corrected chi connectivity index (χ1v) is 6.37. The van der Waals surface area contributed by atoms with Crippen LogP contribution < -0.4 is 10.2 Å². The zero-order valence-electron chi connectivity index (χ0n) is 11.0.